The van der Waals surface area contributed by atoms with Gasteiger partial charge in [-0.1, -0.05) is 47.5 Å². The highest BCUT2D eigenvalue weighted by atomic mass is 32.2. The number of ether oxygens (including phenoxy) is 3. The molecule has 6 nitrogen and oxygen atoms in total. The first-order valence-electron chi connectivity index (χ1n) is 14.5. The van der Waals surface area contributed by atoms with E-state index in [2.05, 4.69) is 54.8 Å². The molecular weight excluding hydrogens is 558 g/mol. The lowest BCUT2D eigenvalue weighted by Crippen LogP contribution is -2.50. The third-order valence-corrected chi connectivity index (χ3v) is 8.18. The van der Waals surface area contributed by atoms with Crippen molar-refractivity contribution in [2.45, 2.75) is 71.5 Å². The molecule has 0 aliphatic carbocycles. The number of hydrogen-bond donors (Lipinski definition) is 0. The number of methoxy groups -OCH3 is 1. The summed E-state index contributed by atoms with van der Waals surface area (Å²) in [5, 5.41) is 0. The zero-order valence-corrected chi connectivity index (χ0v) is 26.7. The summed E-state index contributed by atoms with van der Waals surface area (Å²) in [4.78, 5) is 16.4. The maximum atomic E-state index is 13.6. The second kappa shape index (κ2) is 14.2. The van der Waals surface area contributed by atoms with E-state index in [4.69, 9.17) is 15.9 Å². The van der Waals surface area contributed by atoms with Gasteiger partial charge < -0.3 is 14.2 Å². The number of nitrogens with zero attached hydrogens (tertiary/aromatic N) is 2. The molecule has 0 saturated carbocycles. The van der Waals surface area contributed by atoms with Crippen LogP contribution in [0.2, 0.25) is 0 Å². The van der Waals surface area contributed by atoms with Crippen molar-refractivity contribution in [2.24, 2.45) is 10.8 Å². The molecule has 9 heteroatoms. The van der Waals surface area contributed by atoms with Crippen LogP contribution in [0, 0.1) is 34.8 Å². The summed E-state index contributed by atoms with van der Waals surface area (Å²) in [6.45, 7) is 16.0. The number of terminal acetylenes is 1. The Hall–Kier alpha value is -2.64. The van der Waals surface area contributed by atoms with Gasteiger partial charge in [0.1, 0.15) is 5.82 Å². The van der Waals surface area contributed by atoms with Crippen molar-refractivity contribution in [3.05, 3.63) is 53.6 Å². The predicted octanol–water partition coefficient (Wildman–Crippen LogP) is 7.41. The summed E-state index contributed by atoms with van der Waals surface area (Å²) in [7, 11) is 1.33. The van der Waals surface area contributed by atoms with Gasteiger partial charge in [0.2, 0.25) is 0 Å². The molecule has 3 aliphatic heterocycles. The van der Waals surface area contributed by atoms with Crippen molar-refractivity contribution in [2.75, 3.05) is 44.9 Å². The number of carbonyl (C=O) groups excluding carboxylic acids is 1. The molecule has 0 unspecified atom stereocenters. The summed E-state index contributed by atoms with van der Waals surface area (Å²) in [6.07, 6.45) is 9.00. The van der Waals surface area contributed by atoms with Gasteiger partial charge in [-0.2, -0.15) is 0 Å². The predicted molar refractivity (Wildman–Crippen MR) is 164 cm³/mol. The van der Waals surface area contributed by atoms with E-state index in [0.717, 1.165) is 47.8 Å². The quantitative estimate of drug-likeness (QED) is 0.268. The lowest BCUT2D eigenvalue weighted by atomic mass is 9.75. The Labute approximate surface area is 254 Å². The second-order valence-corrected chi connectivity index (χ2v) is 13.2. The molecule has 1 amide bonds. The fourth-order valence-electron chi connectivity index (χ4n) is 5.60. The van der Waals surface area contributed by atoms with Gasteiger partial charge in [0.05, 0.1) is 32.6 Å². The van der Waals surface area contributed by atoms with Gasteiger partial charge in [0.25, 0.3) is 11.7 Å². The number of fused-ring (bicyclic) bond motifs is 2. The molecule has 3 heterocycles. The average molecular weight is 603 g/mol. The molecule has 0 N–H and O–H groups in total. The van der Waals surface area contributed by atoms with Crippen LogP contribution in [0.5, 0.6) is 5.75 Å². The van der Waals surface area contributed by atoms with Gasteiger partial charge in [0.15, 0.2) is 11.6 Å². The van der Waals surface area contributed by atoms with Gasteiger partial charge in [-0.25, -0.2) is 13.1 Å². The summed E-state index contributed by atoms with van der Waals surface area (Å²) in [5.74, 6) is -0.246. The molecule has 3 aliphatic rings. The fourth-order valence-corrected chi connectivity index (χ4v) is 6.64. The molecule has 2 aromatic rings. The van der Waals surface area contributed by atoms with Gasteiger partial charge in [-0.15, -0.1) is 6.42 Å². The lowest BCUT2D eigenvalue weighted by Gasteiger charge is -2.42. The Balaban J connectivity index is 0.000000340. The van der Waals surface area contributed by atoms with E-state index in [1.54, 1.807) is 16.8 Å². The smallest absolute Gasteiger partial charge is 0.293 e. The number of carbonyl (C=O) groups is 1. The topological polar surface area (TPSA) is 51.2 Å². The van der Waals surface area contributed by atoms with E-state index < -0.39 is 17.4 Å². The first-order chi connectivity index (χ1) is 19.9. The first kappa shape index (κ1) is 33.9. The fraction of sp³-hybridized carbons (Fsp3) is 0.545. The Morgan fingerprint density at radius 3 is 2.17 bits per heavy atom. The molecule has 0 aromatic heterocycles. The van der Waals surface area contributed by atoms with Crippen LogP contribution in [0.4, 0.5) is 14.5 Å². The van der Waals surface area contributed by atoms with Gasteiger partial charge in [0, 0.05) is 29.6 Å². The zero-order chi connectivity index (χ0) is 31.1. The summed E-state index contributed by atoms with van der Waals surface area (Å²) in [6, 6.07) is 9.27. The molecule has 0 atom stereocenters. The molecule has 0 bridgehead atoms. The second-order valence-electron chi connectivity index (χ2n) is 12.0. The maximum absolute atomic E-state index is 13.6. The van der Waals surface area contributed by atoms with Crippen LogP contribution in [0.3, 0.4) is 0 Å². The third-order valence-electron chi connectivity index (χ3n) is 7.09. The molecule has 0 radical (unpaired) electrons. The van der Waals surface area contributed by atoms with Crippen LogP contribution >= 0.6 is 11.9 Å². The van der Waals surface area contributed by atoms with Crippen molar-refractivity contribution in [1.29, 1.82) is 0 Å². The molecule has 2 fully saturated rings. The Morgan fingerprint density at radius 2 is 1.62 bits per heavy atom. The van der Waals surface area contributed by atoms with E-state index in [9.17, 15) is 13.6 Å². The molecular formula is C33H44F2N2O4S. The average Bonchev–Trinajstić information content (AvgIpc) is 3.52. The van der Waals surface area contributed by atoms with E-state index in [1.165, 1.54) is 26.0 Å². The highest BCUT2D eigenvalue weighted by Gasteiger charge is 2.56. The molecule has 1 spiro atoms. The van der Waals surface area contributed by atoms with Crippen LogP contribution in [0.15, 0.2) is 41.3 Å². The van der Waals surface area contributed by atoms with Crippen molar-refractivity contribution < 1.29 is 27.8 Å². The van der Waals surface area contributed by atoms with Gasteiger partial charge >= 0.3 is 0 Å². The van der Waals surface area contributed by atoms with Crippen molar-refractivity contribution in [1.82, 2.24) is 4.31 Å². The van der Waals surface area contributed by atoms with Crippen LogP contribution < -0.4 is 9.64 Å². The minimum atomic E-state index is -1.43. The van der Waals surface area contributed by atoms with Crippen molar-refractivity contribution in [3.63, 3.8) is 0 Å². The largest absolute Gasteiger partial charge is 0.494 e. The third kappa shape index (κ3) is 7.84. The lowest BCUT2D eigenvalue weighted by molar-refractivity contribution is -0.263. The van der Waals surface area contributed by atoms with Crippen molar-refractivity contribution >= 4 is 23.5 Å². The van der Waals surface area contributed by atoms with Gasteiger partial charge in [-0.3, -0.25) is 9.69 Å². The number of halogens is 2. The van der Waals surface area contributed by atoms with Crippen LogP contribution in [-0.2, 0) is 20.1 Å². The van der Waals surface area contributed by atoms with E-state index in [0.29, 0.717) is 13.2 Å². The van der Waals surface area contributed by atoms with E-state index >= 15 is 0 Å². The molecule has 42 heavy (non-hydrogen) atoms. The van der Waals surface area contributed by atoms with Gasteiger partial charge in [-0.05, 0) is 72.4 Å². The van der Waals surface area contributed by atoms with Crippen LogP contribution in [0.1, 0.15) is 66.4 Å². The Kier molecular flexibility index (Phi) is 11.5. The number of anilines is 1. The standard InChI is InChI=1S/C24H32N2O3S.C7H6F2O.C2H6/c1-6-11-26-20-10-9-18(30-25-12-7-8-13-25)14-19(20)24(21(26)27)28-16-22(2,3)15-23(4,5)17-29-24;1-10-7-3-2-5(8)4-6(7)9;1-2/h1,9-10,14H,7-8,11-13,15-17H2,2-5H3;2-4H,1H3;1-2H3. The first-order valence-corrected chi connectivity index (χ1v) is 15.3. The monoisotopic (exact) mass is 602 g/mol. The minimum absolute atomic E-state index is 0.0569. The summed E-state index contributed by atoms with van der Waals surface area (Å²) in [5.41, 5.74) is 1.44. The van der Waals surface area contributed by atoms with E-state index in [-0.39, 0.29) is 29.0 Å². The van der Waals surface area contributed by atoms with Crippen LogP contribution in [-0.4, -0.2) is 50.2 Å². The Morgan fingerprint density at radius 1 is 1.00 bits per heavy atom. The number of hydrogen-bond acceptors (Lipinski definition) is 6. The normalized spacial score (nSPS) is 20.3. The number of benzene rings is 2. The zero-order valence-electron chi connectivity index (χ0n) is 25.9. The highest BCUT2D eigenvalue weighted by molar-refractivity contribution is 7.97. The van der Waals surface area contributed by atoms with Crippen LogP contribution in [0.25, 0.3) is 0 Å². The number of amides is 1. The van der Waals surface area contributed by atoms with Crippen molar-refractivity contribution in [3.8, 4) is 18.1 Å². The molecule has 2 aromatic carbocycles. The summed E-state index contributed by atoms with van der Waals surface area (Å²) < 4.78 is 44.4. The maximum Gasteiger partial charge on any atom is 0.293 e. The highest BCUT2D eigenvalue weighted by Crippen LogP contribution is 2.49. The number of rotatable bonds is 4. The molecule has 230 valence electrons. The molecule has 2 saturated heterocycles. The molecule has 5 rings (SSSR count). The summed E-state index contributed by atoms with van der Waals surface area (Å²) >= 11 is 1.74. The SMILES string of the molecule is C#CCN1C(=O)C2(OCC(C)(C)CC(C)(C)CO2)c2cc(SN3CCCC3)ccc21.CC.COc1ccc(F)cc1F. The minimum Gasteiger partial charge on any atom is -0.494 e. The van der Waals surface area contributed by atoms with E-state index in [1.807, 2.05) is 19.9 Å². The Bertz CT molecular complexity index is 1250.